The van der Waals surface area contributed by atoms with Crippen LogP contribution >= 0.6 is 0 Å². The first-order valence-corrected chi connectivity index (χ1v) is 10.2. The average Bonchev–Trinajstić information content (AvgIpc) is 2.81. The third-order valence-electron chi connectivity index (χ3n) is 5.16. The van der Waals surface area contributed by atoms with E-state index in [1.54, 1.807) is 48.4 Å². The van der Waals surface area contributed by atoms with Gasteiger partial charge in [-0.15, -0.1) is 0 Å². The van der Waals surface area contributed by atoms with Crippen molar-refractivity contribution in [1.82, 2.24) is 10.3 Å². The SMILES string of the molecule is CCOc1cc(/C=N\NC(=O)C2CCN(C(=O)c3ccc(OC)cc3)CC2)ccc1O. The Kier molecular flexibility index (Phi) is 7.48. The highest BCUT2D eigenvalue weighted by Crippen LogP contribution is 2.26. The lowest BCUT2D eigenvalue weighted by Crippen LogP contribution is -2.42. The van der Waals surface area contributed by atoms with Gasteiger partial charge in [0.1, 0.15) is 5.75 Å². The van der Waals surface area contributed by atoms with Crippen LogP contribution in [0.15, 0.2) is 47.6 Å². The molecule has 0 atom stereocenters. The van der Waals surface area contributed by atoms with Crippen molar-refractivity contribution >= 4 is 18.0 Å². The topological polar surface area (TPSA) is 100 Å². The van der Waals surface area contributed by atoms with Crippen molar-refractivity contribution in [3.05, 3.63) is 53.6 Å². The molecule has 1 saturated heterocycles. The van der Waals surface area contributed by atoms with Crippen LogP contribution in [0.25, 0.3) is 0 Å². The molecule has 164 valence electrons. The van der Waals surface area contributed by atoms with Crippen LogP contribution in [0.1, 0.15) is 35.7 Å². The van der Waals surface area contributed by atoms with Crippen molar-refractivity contribution in [1.29, 1.82) is 0 Å². The third kappa shape index (κ3) is 5.75. The van der Waals surface area contributed by atoms with Gasteiger partial charge in [0.25, 0.3) is 5.91 Å². The fraction of sp³-hybridized carbons (Fsp3) is 0.348. The molecular formula is C23H27N3O5. The Bertz CT molecular complexity index is 935. The Morgan fingerprint density at radius 3 is 2.55 bits per heavy atom. The Balaban J connectivity index is 1.49. The molecule has 3 rings (SSSR count). The number of hydrazone groups is 1. The standard InChI is InChI=1S/C23H27N3O5/c1-3-31-21-14-16(4-9-20(21)27)15-24-25-22(28)17-10-12-26(13-11-17)23(29)18-5-7-19(30-2)8-6-18/h4-9,14-15,17,27H,3,10-13H2,1-2H3,(H,25,28)/b24-15-. The molecule has 0 aliphatic carbocycles. The van der Waals surface area contributed by atoms with E-state index in [0.29, 0.717) is 55.2 Å². The number of carbonyl (C=O) groups is 2. The first-order valence-electron chi connectivity index (χ1n) is 10.2. The summed E-state index contributed by atoms with van der Waals surface area (Å²) in [6, 6.07) is 11.9. The van der Waals surface area contributed by atoms with Gasteiger partial charge in [-0.3, -0.25) is 9.59 Å². The summed E-state index contributed by atoms with van der Waals surface area (Å²) in [5.41, 5.74) is 3.87. The second-order valence-electron chi connectivity index (χ2n) is 7.19. The molecule has 2 amide bonds. The molecule has 0 unspecified atom stereocenters. The summed E-state index contributed by atoms with van der Waals surface area (Å²) >= 11 is 0. The lowest BCUT2D eigenvalue weighted by molar-refractivity contribution is -0.126. The van der Waals surface area contributed by atoms with E-state index in [1.165, 1.54) is 12.3 Å². The number of benzene rings is 2. The largest absolute Gasteiger partial charge is 0.504 e. The van der Waals surface area contributed by atoms with Crippen LogP contribution < -0.4 is 14.9 Å². The number of phenols is 1. The molecule has 8 nitrogen and oxygen atoms in total. The lowest BCUT2D eigenvalue weighted by Gasteiger charge is -2.31. The van der Waals surface area contributed by atoms with E-state index in [0.717, 1.165) is 0 Å². The highest BCUT2D eigenvalue weighted by molar-refractivity contribution is 5.94. The summed E-state index contributed by atoms with van der Waals surface area (Å²) in [5, 5.41) is 13.7. The predicted molar refractivity (Wildman–Crippen MR) is 117 cm³/mol. The number of phenolic OH excluding ortho intramolecular Hbond substituents is 1. The van der Waals surface area contributed by atoms with Crippen LogP contribution in [0.2, 0.25) is 0 Å². The molecule has 2 aromatic rings. The van der Waals surface area contributed by atoms with Gasteiger partial charge in [0, 0.05) is 24.6 Å². The van der Waals surface area contributed by atoms with Crippen molar-refractivity contribution in [2.24, 2.45) is 11.0 Å². The number of hydrogen-bond donors (Lipinski definition) is 2. The van der Waals surface area contributed by atoms with Gasteiger partial charge in [-0.25, -0.2) is 5.43 Å². The number of methoxy groups -OCH3 is 1. The summed E-state index contributed by atoms with van der Waals surface area (Å²) < 4.78 is 10.5. The molecule has 1 fully saturated rings. The molecule has 1 heterocycles. The zero-order valence-corrected chi connectivity index (χ0v) is 17.7. The Labute approximate surface area is 181 Å². The van der Waals surface area contributed by atoms with Crippen LogP contribution in [-0.4, -0.2) is 54.8 Å². The van der Waals surface area contributed by atoms with Crippen molar-refractivity contribution in [3.63, 3.8) is 0 Å². The van der Waals surface area contributed by atoms with E-state index in [9.17, 15) is 14.7 Å². The van der Waals surface area contributed by atoms with Crippen LogP contribution in [0.5, 0.6) is 17.2 Å². The normalized spacial score (nSPS) is 14.5. The highest BCUT2D eigenvalue weighted by Gasteiger charge is 2.27. The smallest absolute Gasteiger partial charge is 0.253 e. The molecule has 1 aliphatic heterocycles. The minimum atomic E-state index is -0.198. The molecule has 1 aliphatic rings. The van der Waals surface area contributed by atoms with Gasteiger partial charge in [-0.1, -0.05) is 0 Å². The van der Waals surface area contributed by atoms with Crippen LogP contribution in [0.3, 0.4) is 0 Å². The van der Waals surface area contributed by atoms with Gasteiger partial charge in [-0.05, 0) is 67.8 Å². The Morgan fingerprint density at radius 2 is 1.90 bits per heavy atom. The van der Waals surface area contributed by atoms with E-state index in [1.807, 2.05) is 6.92 Å². The molecule has 0 aromatic heterocycles. The van der Waals surface area contributed by atoms with E-state index in [2.05, 4.69) is 10.5 Å². The quantitative estimate of drug-likeness (QED) is 0.525. The first-order chi connectivity index (χ1) is 15.0. The Hall–Kier alpha value is -3.55. The third-order valence-corrected chi connectivity index (χ3v) is 5.16. The number of piperidine rings is 1. The fourth-order valence-corrected chi connectivity index (χ4v) is 3.40. The average molecular weight is 425 g/mol. The maximum atomic E-state index is 12.6. The number of nitrogens with one attached hydrogen (secondary N) is 1. The molecule has 8 heteroatoms. The van der Waals surface area contributed by atoms with Crippen molar-refractivity contribution < 1.29 is 24.2 Å². The molecular weight excluding hydrogens is 398 g/mol. The van der Waals surface area contributed by atoms with Gasteiger partial charge >= 0.3 is 0 Å². The summed E-state index contributed by atoms with van der Waals surface area (Å²) in [6.07, 6.45) is 2.66. The highest BCUT2D eigenvalue weighted by atomic mass is 16.5. The zero-order chi connectivity index (χ0) is 22.2. The van der Waals surface area contributed by atoms with Crippen LogP contribution in [0, 0.1) is 5.92 Å². The summed E-state index contributed by atoms with van der Waals surface area (Å²) in [5.74, 6) is 0.712. The second kappa shape index (κ2) is 10.5. The molecule has 31 heavy (non-hydrogen) atoms. The summed E-state index contributed by atoms with van der Waals surface area (Å²) in [7, 11) is 1.58. The number of likely N-dealkylation sites (tertiary alicyclic amines) is 1. The number of amides is 2. The zero-order valence-electron chi connectivity index (χ0n) is 17.7. The van der Waals surface area contributed by atoms with Crippen molar-refractivity contribution in [3.8, 4) is 17.2 Å². The molecule has 0 bridgehead atoms. The van der Waals surface area contributed by atoms with Gasteiger partial charge < -0.3 is 19.5 Å². The molecule has 0 radical (unpaired) electrons. The molecule has 0 spiro atoms. The van der Waals surface area contributed by atoms with Gasteiger partial charge in [0.05, 0.1) is 19.9 Å². The van der Waals surface area contributed by atoms with E-state index >= 15 is 0 Å². The number of rotatable bonds is 7. The minimum Gasteiger partial charge on any atom is -0.504 e. The monoisotopic (exact) mass is 425 g/mol. The molecule has 2 N–H and O–H groups in total. The van der Waals surface area contributed by atoms with E-state index < -0.39 is 0 Å². The number of hydrogen-bond acceptors (Lipinski definition) is 6. The number of ether oxygens (including phenoxy) is 2. The fourth-order valence-electron chi connectivity index (χ4n) is 3.40. The van der Waals surface area contributed by atoms with Crippen LogP contribution in [0.4, 0.5) is 0 Å². The van der Waals surface area contributed by atoms with E-state index in [4.69, 9.17) is 9.47 Å². The maximum Gasteiger partial charge on any atom is 0.253 e. The maximum absolute atomic E-state index is 12.6. The predicted octanol–water partition coefficient (Wildman–Crippen LogP) is 2.80. The second-order valence-corrected chi connectivity index (χ2v) is 7.19. The molecule has 2 aromatic carbocycles. The van der Waals surface area contributed by atoms with E-state index in [-0.39, 0.29) is 23.5 Å². The number of nitrogens with zero attached hydrogens (tertiary/aromatic N) is 2. The number of carbonyl (C=O) groups excluding carboxylic acids is 2. The van der Waals surface area contributed by atoms with Gasteiger partial charge in [-0.2, -0.15) is 5.10 Å². The summed E-state index contributed by atoms with van der Waals surface area (Å²) in [4.78, 5) is 26.8. The first kappa shape index (κ1) is 22.1. The van der Waals surface area contributed by atoms with Crippen molar-refractivity contribution in [2.45, 2.75) is 19.8 Å². The molecule has 0 saturated carbocycles. The number of aromatic hydroxyl groups is 1. The minimum absolute atomic E-state index is 0.0445. The van der Waals surface area contributed by atoms with Crippen molar-refractivity contribution in [2.75, 3.05) is 26.8 Å². The van der Waals surface area contributed by atoms with Gasteiger partial charge in [0.2, 0.25) is 5.91 Å². The van der Waals surface area contributed by atoms with Gasteiger partial charge in [0.15, 0.2) is 11.5 Å². The Morgan fingerprint density at radius 1 is 1.19 bits per heavy atom. The lowest BCUT2D eigenvalue weighted by atomic mass is 9.95. The van der Waals surface area contributed by atoms with Crippen LogP contribution in [-0.2, 0) is 4.79 Å². The summed E-state index contributed by atoms with van der Waals surface area (Å²) in [6.45, 7) is 3.30.